The van der Waals surface area contributed by atoms with Crippen molar-refractivity contribution < 1.29 is 18.1 Å². The van der Waals surface area contributed by atoms with Gasteiger partial charge in [0.25, 0.3) is 10.1 Å². The third-order valence-electron chi connectivity index (χ3n) is 2.30. The molecular formula is C10H8Cl2N2O4S2. The summed E-state index contributed by atoms with van der Waals surface area (Å²) in [6, 6.07) is 2.30. The van der Waals surface area contributed by atoms with Crippen molar-refractivity contribution in [3.05, 3.63) is 32.7 Å². The lowest BCUT2D eigenvalue weighted by molar-refractivity contribution is 0.445. The molecule has 0 radical (unpaired) electrons. The molecule has 0 saturated heterocycles. The fraction of sp³-hybridized carbons (Fsp3) is 0.100. The van der Waals surface area contributed by atoms with Crippen LogP contribution in [0, 0.1) is 0 Å². The van der Waals surface area contributed by atoms with Crippen LogP contribution in [0.4, 0.5) is 5.69 Å². The Morgan fingerprint density at radius 1 is 1.35 bits per heavy atom. The Morgan fingerprint density at radius 3 is 2.60 bits per heavy atom. The summed E-state index contributed by atoms with van der Waals surface area (Å²) in [6.07, 6.45) is 1.55. The average Bonchev–Trinajstić information content (AvgIpc) is 2.74. The molecule has 0 saturated carbocycles. The van der Waals surface area contributed by atoms with Gasteiger partial charge in [0.1, 0.15) is 4.90 Å². The fourth-order valence-corrected chi connectivity index (χ4v) is 3.28. The van der Waals surface area contributed by atoms with Crippen molar-refractivity contribution in [2.75, 3.05) is 5.32 Å². The Bertz CT molecular complexity index is 746. The van der Waals surface area contributed by atoms with Crippen LogP contribution in [0.15, 0.2) is 23.2 Å². The number of anilines is 1. The number of benzene rings is 1. The zero-order valence-corrected chi connectivity index (χ0v) is 12.8. The minimum absolute atomic E-state index is 0.0558. The lowest BCUT2D eigenvalue weighted by Gasteiger charge is -2.10. The number of nitrogens with zero attached hydrogens (tertiary/aromatic N) is 1. The molecule has 3 N–H and O–H groups in total. The van der Waals surface area contributed by atoms with Crippen molar-refractivity contribution in [1.29, 1.82) is 0 Å². The van der Waals surface area contributed by atoms with E-state index in [0.717, 1.165) is 10.9 Å². The SMILES string of the molecule is O=S(=O)(O)c1cc(Cl)cc(NCc2cnc(Cl)s2)c1O. The van der Waals surface area contributed by atoms with Gasteiger partial charge in [-0.2, -0.15) is 8.42 Å². The van der Waals surface area contributed by atoms with Crippen LogP contribution in [-0.2, 0) is 16.7 Å². The zero-order chi connectivity index (χ0) is 14.9. The van der Waals surface area contributed by atoms with Crippen LogP contribution in [0.3, 0.4) is 0 Å². The highest BCUT2D eigenvalue weighted by molar-refractivity contribution is 7.86. The Hall–Kier alpha value is -1.06. The number of nitrogens with one attached hydrogen (secondary N) is 1. The molecule has 1 heterocycles. The number of phenolic OH excluding ortho intramolecular Hbond substituents is 1. The Kier molecular flexibility index (Phi) is 4.40. The third kappa shape index (κ3) is 3.53. The second-order valence-corrected chi connectivity index (χ2v) is 7.23. The van der Waals surface area contributed by atoms with Gasteiger partial charge in [0.05, 0.1) is 12.2 Å². The highest BCUT2D eigenvalue weighted by atomic mass is 35.5. The van der Waals surface area contributed by atoms with Crippen LogP contribution in [-0.4, -0.2) is 23.1 Å². The molecule has 0 aliphatic rings. The maximum Gasteiger partial charge on any atom is 0.298 e. The summed E-state index contributed by atoms with van der Waals surface area (Å²) in [5.74, 6) is -0.604. The van der Waals surface area contributed by atoms with Crippen molar-refractivity contribution in [3.8, 4) is 5.75 Å². The molecule has 0 aliphatic heterocycles. The number of aromatic nitrogens is 1. The van der Waals surface area contributed by atoms with E-state index in [1.807, 2.05) is 0 Å². The summed E-state index contributed by atoms with van der Waals surface area (Å²) in [7, 11) is -4.56. The fourth-order valence-electron chi connectivity index (χ4n) is 1.45. The van der Waals surface area contributed by atoms with Crippen molar-refractivity contribution in [1.82, 2.24) is 4.98 Å². The predicted octanol–water partition coefficient (Wildman–Crippen LogP) is 3.01. The number of aromatic hydroxyl groups is 1. The lowest BCUT2D eigenvalue weighted by atomic mass is 10.3. The first-order valence-corrected chi connectivity index (χ1v) is 8.12. The van der Waals surface area contributed by atoms with Gasteiger partial charge < -0.3 is 10.4 Å². The molecule has 1 aromatic heterocycles. The van der Waals surface area contributed by atoms with E-state index in [2.05, 4.69) is 10.3 Å². The van der Waals surface area contributed by atoms with Gasteiger partial charge in [-0.3, -0.25) is 4.55 Å². The molecule has 2 aromatic rings. The van der Waals surface area contributed by atoms with E-state index in [1.165, 1.54) is 17.4 Å². The van der Waals surface area contributed by atoms with E-state index in [4.69, 9.17) is 27.8 Å². The first-order valence-electron chi connectivity index (χ1n) is 5.11. The minimum atomic E-state index is -4.56. The van der Waals surface area contributed by atoms with E-state index in [-0.39, 0.29) is 17.3 Å². The smallest absolute Gasteiger partial charge is 0.298 e. The monoisotopic (exact) mass is 354 g/mol. The van der Waals surface area contributed by atoms with Gasteiger partial charge >= 0.3 is 0 Å². The predicted molar refractivity (Wildman–Crippen MR) is 77.4 cm³/mol. The van der Waals surface area contributed by atoms with Gasteiger partial charge in [-0.1, -0.05) is 23.2 Å². The van der Waals surface area contributed by atoms with Crippen molar-refractivity contribution >= 4 is 50.3 Å². The van der Waals surface area contributed by atoms with E-state index in [9.17, 15) is 13.5 Å². The maximum atomic E-state index is 11.1. The van der Waals surface area contributed by atoms with Crippen LogP contribution < -0.4 is 5.32 Å². The Balaban J connectivity index is 2.30. The molecule has 6 nitrogen and oxygen atoms in total. The molecule has 108 valence electrons. The van der Waals surface area contributed by atoms with Crippen LogP contribution in [0.1, 0.15) is 4.88 Å². The van der Waals surface area contributed by atoms with Crippen molar-refractivity contribution in [3.63, 3.8) is 0 Å². The second-order valence-electron chi connectivity index (χ2n) is 3.71. The molecule has 0 unspecified atom stereocenters. The van der Waals surface area contributed by atoms with Crippen molar-refractivity contribution in [2.24, 2.45) is 0 Å². The van der Waals surface area contributed by atoms with Crippen LogP contribution in [0.2, 0.25) is 9.49 Å². The minimum Gasteiger partial charge on any atom is -0.504 e. The van der Waals surface area contributed by atoms with E-state index in [1.54, 1.807) is 6.20 Å². The number of rotatable bonds is 4. The number of halogens is 2. The van der Waals surface area contributed by atoms with E-state index >= 15 is 0 Å². The van der Waals surface area contributed by atoms with Gasteiger partial charge in [0.15, 0.2) is 10.2 Å². The molecule has 0 atom stereocenters. The summed E-state index contributed by atoms with van der Waals surface area (Å²) in [5, 5.41) is 12.7. The summed E-state index contributed by atoms with van der Waals surface area (Å²) in [5.41, 5.74) is 0.0784. The van der Waals surface area contributed by atoms with E-state index < -0.39 is 20.8 Å². The number of phenols is 1. The summed E-state index contributed by atoms with van der Waals surface area (Å²) in [4.78, 5) is 3.97. The van der Waals surface area contributed by atoms with Crippen LogP contribution in [0.5, 0.6) is 5.75 Å². The molecule has 0 spiro atoms. The van der Waals surface area contributed by atoms with Gasteiger partial charge in [-0.15, -0.1) is 11.3 Å². The molecular weight excluding hydrogens is 347 g/mol. The third-order valence-corrected chi connectivity index (χ3v) is 4.50. The lowest BCUT2D eigenvalue weighted by Crippen LogP contribution is -2.03. The first kappa shape index (κ1) is 15.3. The standard InChI is InChI=1S/C10H8Cl2N2O4S2/c11-5-1-7(9(15)8(2-5)20(16,17)18)13-3-6-4-14-10(12)19-6/h1-2,4,13,15H,3H2,(H,16,17,18). The molecule has 0 bridgehead atoms. The van der Waals surface area contributed by atoms with Gasteiger partial charge in [-0.25, -0.2) is 4.98 Å². The summed E-state index contributed by atoms with van der Waals surface area (Å²) >= 11 is 12.7. The van der Waals surface area contributed by atoms with Crippen molar-refractivity contribution in [2.45, 2.75) is 11.4 Å². The molecule has 0 fully saturated rings. The van der Waals surface area contributed by atoms with Gasteiger partial charge in [-0.05, 0) is 12.1 Å². The molecule has 0 amide bonds. The molecule has 10 heteroatoms. The normalized spacial score (nSPS) is 11.6. The van der Waals surface area contributed by atoms with Crippen LogP contribution >= 0.6 is 34.5 Å². The zero-order valence-electron chi connectivity index (χ0n) is 9.67. The van der Waals surface area contributed by atoms with Crippen LogP contribution in [0.25, 0.3) is 0 Å². The maximum absolute atomic E-state index is 11.1. The first-order chi connectivity index (χ1) is 9.27. The quantitative estimate of drug-likeness (QED) is 0.576. The number of hydrogen-bond acceptors (Lipinski definition) is 6. The van der Waals surface area contributed by atoms with Gasteiger partial charge in [0, 0.05) is 16.1 Å². The second kappa shape index (κ2) is 5.74. The highest BCUT2D eigenvalue weighted by Gasteiger charge is 2.19. The summed E-state index contributed by atoms with van der Waals surface area (Å²) in [6.45, 7) is 0.267. The number of hydrogen-bond donors (Lipinski definition) is 3. The average molecular weight is 355 g/mol. The largest absolute Gasteiger partial charge is 0.504 e. The number of thiazole rings is 1. The van der Waals surface area contributed by atoms with E-state index in [0.29, 0.717) is 4.47 Å². The molecule has 20 heavy (non-hydrogen) atoms. The topological polar surface area (TPSA) is 99.5 Å². The van der Waals surface area contributed by atoms with Gasteiger partial charge in [0.2, 0.25) is 0 Å². The highest BCUT2D eigenvalue weighted by Crippen LogP contribution is 2.35. The Morgan fingerprint density at radius 2 is 2.05 bits per heavy atom. The molecule has 1 aromatic carbocycles. The summed E-state index contributed by atoms with van der Waals surface area (Å²) < 4.78 is 31.6. The Labute approximate surface area is 128 Å². The molecule has 0 aliphatic carbocycles. The molecule has 2 rings (SSSR count).